The Labute approximate surface area is 197 Å². The number of hydrogen-bond donors (Lipinski definition) is 1. The number of ether oxygens (including phenoxy) is 1. The molecular formula is C23H19ClF3N5O2. The first-order valence-electron chi connectivity index (χ1n) is 10.8. The number of alkyl halides is 3. The van der Waals surface area contributed by atoms with Gasteiger partial charge >= 0.3 is 6.18 Å². The minimum absolute atomic E-state index is 0.109. The zero-order valence-corrected chi connectivity index (χ0v) is 18.5. The first-order valence-corrected chi connectivity index (χ1v) is 11.2. The van der Waals surface area contributed by atoms with Gasteiger partial charge in [-0.1, -0.05) is 11.6 Å². The second-order valence-electron chi connectivity index (χ2n) is 8.51. The standard InChI is InChI=1S/C23H19ClF3N5O2/c24-18-7-12(17-11-32(20-3-1-2-4-34-20)31-21(17)23(25,26)27)5-13-8-19(29-10-16(13)18)30-22(33)15-6-14(15)9-28/h5,7-8,10-11,14-15,20H,1-4,6H2,(H,29,30,33). The van der Waals surface area contributed by atoms with Gasteiger partial charge in [-0.2, -0.15) is 23.5 Å². The van der Waals surface area contributed by atoms with Crippen LogP contribution in [0.3, 0.4) is 0 Å². The molecule has 11 heteroatoms. The Bertz CT molecular complexity index is 1310. The number of fused-ring (bicyclic) bond motifs is 1. The molecule has 176 valence electrons. The van der Waals surface area contributed by atoms with E-state index in [-0.39, 0.29) is 39.7 Å². The molecular weight excluding hydrogens is 471 g/mol. The Hall–Kier alpha value is -3.16. The smallest absolute Gasteiger partial charge is 0.357 e. The average molecular weight is 490 g/mol. The number of rotatable bonds is 4. The highest BCUT2D eigenvalue weighted by molar-refractivity contribution is 6.36. The molecule has 7 nitrogen and oxygen atoms in total. The molecule has 1 aliphatic heterocycles. The number of nitrogens with zero attached hydrogens (tertiary/aromatic N) is 4. The Morgan fingerprint density at radius 2 is 2.12 bits per heavy atom. The van der Waals surface area contributed by atoms with Crippen LogP contribution >= 0.6 is 11.6 Å². The summed E-state index contributed by atoms with van der Waals surface area (Å²) in [5, 5.41) is 16.7. The summed E-state index contributed by atoms with van der Waals surface area (Å²) in [5.41, 5.74) is -0.888. The van der Waals surface area contributed by atoms with Crippen molar-refractivity contribution in [3.8, 4) is 17.2 Å². The maximum atomic E-state index is 13.8. The van der Waals surface area contributed by atoms with Crippen molar-refractivity contribution in [1.29, 1.82) is 5.26 Å². The molecule has 2 fully saturated rings. The highest BCUT2D eigenvalue weighted by Gasteiger charge is 2.43. The van der Waals surface area contributed by atoms with E-state index in [9.17, 15) is 18.0 Å². The van der Waals surface area contributed by atoms with E-state index in [1.807, 2.05) is 0 Å². The maximum Gasteiger partial charge on any atom is 0.435 e. The lowest BCUT2D eigenvalue weighted by Gasteiger charge is -2.22. The largest absolute Gasteiger partial charge is 0.435 e. The molecule has 2 aliphatic rings. The average Bonchev–Trinajstić information content (AvgIpc) is 3.46. The Morgan fingerprint density at radius 3 is 2.79 bits per heavy atom. The zero-order valence-electron chi connectivity index (χ0n) is 17.8. The fourth-order valence-electron chi connectivity index (χ4n) is 4.18. The van der Waals surface area contributed by atoms with Crippen LogP contribution in [0.2, 0.25) is 5.02 Å². The van der Waals surface area contributed by atoms with Crippen molar-refractivity contribution in [3.63, 3.8) is 0 Å². The molecule has 3 aromatic rings. The molecule has 1 saturated carbocycles. The van der Waals surface area contributed by atoms with Gasteiger partial charge in [-0.3, -0.25) is 4.79 Å². The molecule has 3 heterocycles. The van der Waals surface area contributed by atoms with E-state index in [0.717, 1.165) is 12.8 Å². The summed E-state index contributed by atoms with van der Waals surface area (Å²) in [6.07, 6.45) is 0.369. The first kappa shape index (κ1) is 22.6. The Morgan fingerprint density at radius 1 is 1.29 bits per heavy atom. The number of aromatic nitrogens is 3. The summed E-state index contributed by atoms with van der Waals surface area (Å²) in [5.74, 6) is -0.753. The van der Waals surface area contributed by atoms with Crippen LogP contribution in [0.25, 0.3) is 21.9 Å². The number of carbonyl (C=O) groups excluding carboxylic acids is 1. The fraction of sp³-hybridized carbons (Fsp3) is 0.391. The third kappa shape index (κ3) is 4.33. The van der Waals surface area contributed by atoms with Crippen LogP contribution in [0.1, 0.15) is 37.6 Å². The molecule has 2 aromatic heterocycles. The zero-order chi connectivity index (χ0) is 24.0. The molecule has 1 saturated heterocycles. The molecule has 0 spiro atoms. The van der Waals surface area contributed by atoms with Gasteiger partial charge in [-0.05, 0) is 54.8 Å². The van der Waals surface area contributed by atoms with Gasteiger partial charge in [-0.15, -0.1) is 0 Å². The van der Waals surface area contributed by atoms with Crippen LogP contribution in [0.5, 0.6) is 0 Å². The molecule has 1 amide bonds. The van der Waals surface area contributed by atoms with Crippen molar-refractivity contribution in [2.24, 2.45) is 11.8 Å². The molecule has 1 N–H and O–H groups in total. The summed E-state index contributed by atoms with van der Waals surface area (Å²) < 4.78 is 48.4. The summed E-state index contributed by atoms with van der Waals surface area (Å²) in [6.45, 7) is 0.473. The second kappa shape index (κ2) is 8.56. The Balaban J connectivity index is 1.52. The molecule has 5 rings (SSSR count). The minimum atomic E-state index is -4.67. The number of anilines is 1. The second-order valence-corrected chi connectivity index (χ2v) is 8.91. The van der Waals surface area contributed by atoms with Crippen LogP contribution < -0.4 is 5.32 Å². The molecule has 3 unspecified atom stereocenters. The quantitative estimate of drug-likeness (QED) is 0.517. The number of pyridine rings is 1. The molecule has 0 radical (unpaired) electrons. The van der Waals surface area contributed by atoms with E-state index in [2.05, 4.69) is 21.5 Å². The van der Waals surface area contributed by atoms with Crippen molar-refractivity contribution >= 4 is 34.1 Å². The molecule has 0 bridgehead atoms. The summed E-state index contributed by atoms with van der Waals surface area (Å²) in [7, 11) is 0. The predicted molar refractivity (Wildman–Crippen MR) is 118 cm³/mol. The van der Waals surface area contributed by atoms with E-state index in [1.54, 1.807) is 12.1 Å². The number of hydrogen-bond acceptors (Lipinski definition) is 5. The highest BCUT2D eigenvalue weighted by atomic mass is 35.5. The molecule has 1 aromatic carbocycles. The van der Waals surface area contributed by atoms with E-state index in [4.69, 9.17) is 21.6 Å². The lowest BCUT2D eigenvalue weighted by Crippen LogP contribution is -2.19. The van der Waals surface area contributed by atoms with Crippen molar-refractivity contribution in [2.45, 2.75) is 38.1 Å². The minimum Gasteiger partial charge on any atom is -0.357 e. The molecule has 34 heavy (non-hydrogen) atoms. The third-order valence-corrected chi connectivity index (χ3v) is 6.41. The Kier molecular flexibility index (Phi) is 5.70. The monoisotopic (exact) mass is 489 g/mol. The van der Waals surface area contributed by atoms with E-state index >= 15 is 0 Å². The van der Waals surface area contributed by atoms with Gasteiger partial charge < -0.3 is 10.1 Å². The van der Waals surface area contributed by atoms with Gasteiger partial charge in [0, 0.05) is 30.0 Å². The molecule has 3 atom stereocenters. The van der Waals surface area contributed by atoms with Crippen molar-refractivity contribution in [3.05, 3.63) is 41.3 Å². The number of nitrogens with one attached hydrogen (secondary N) is 1. The van der Waals surface area contributed by atoms with E-state index in [0.29, 0.717) is 30.2 Å². The molecule has 1 aliphatic carbocycles. The highest BCUT2D eigenvalue weighted by Crippen LogP contribution is 2.41. The van der Waals surface area contributed by atoms with Gasteiger partial charge in [0.2, 0.25) is 5.91 Å². The number of nitriles is 1. The summed E-state index contributed by atoms with van der Waals surface area (Å²) >= 11 is 6.39. The van der Waals surface area contributed by atoms with Gasteiger partial charge in [0.1, 0.15) is 12.0 Å². The lowest BCUT2D eigenvalue weighted by molar-refractivity contribution is -0.141. The summed E-state index contributed by atoms with van der Waals surface area (Å²) in [4.78, 5) is 16.4. The normalized spacial score (nSPS) is 22.4. The van der Waals surface area contributed by atoms with Gasteiger partial charge in [-0.25, -0.2) is 9.67 Å². The number of amides is 1. The van der Waals surface area contributed by atoms with Crippen LogP contribution in [0.4, 0.5) is 19.0 Å². The lowest BCUT2D eigenvalue weighted by atomic mass is 10.0. The van der Waals surface area contributed by atoms with Crippen molar-refractivity contribution in [2.75, 3.05) is 11.9 Å². The van der Waals surface area contributed by atoms with Crippen LogP contribution in [0, 0.1) is 23.2 Å². The van der Waals surface area contributed by atoms with Crippen LogP contribution in [0.15, 0.2) is 30.6 Å². The van der Waals surface area contributed by atoms with E-state index < -0.39 is 18.1 Å². The maximum absolute atomic E-state index is 13.8. The van der Waals surface area contributed by atoms with Crippen molar-refractivity contribution in [1.82, 2.24) is 14.8 Å². The van der Waals surface area contributed by atoms with Gasteiger partial charge in [0.15, 0.2) is 5.69 Å². The van der Waals surface area contributed by atoms with E-state index in [1.165, 1.54) is 23.1 Å². The SMILES string of the molecule is N#CC1CC1C(=O)Nc1cc2cc(-c3cn(C4CCCCO4)nc3C(F)(F)F)cc(Cl)c2cn1. The van der Waals surface area contributed by atoms with Gasteiger partial charge in [0.05, 0.1) is 22.9 Å². The third-order valence-electron chi connectivity index (χ3n) is 6.09. The van der Waals surface area contributed by atoms with Crippen molar-refractivity contribution < 1.29 is 22.7 Å². The number of halogens is 4. The van der Waals surface area contributed by atoms with Crippen LogP contribution in [-0.2, 0) is 15.7 Å². The van der Waals surface area contributed by atoms with Crippen LogP contribution in [-0.4, -0.2) is 27.3 Å². The number of benzene rings is 1. The fourth-order valence-corrected chi connectivity index (χ4v) is 4.45. The summed E-state index contributed by atoms with van der Waals surface area (Å²) in [6, 6.07) is 6.61. The first-order chi connectivity index (χ1) is 16.2. The number of carbonyl (C=O) groups is 1. The van der Waals surface area contributed by atoms with Gasteiger partial charge in [0.25, 0.3) is 0 Å². The topological polar surface area (TPSA) is 92.8 Å². The predicted octanol–water partition coefficient (Wildman–Crippen LogP) is 5.57.